The number of hydrogen-bond donors (Lipinski definition) is 1. The SMILES string of the molecule is CCOc1ccccc1NC(=O)C(OC(=O)Cc1ccc2c(c1)OCCO2)c1ccccc1. The van der Waals surface area contributed by atoms with E-state index in [1.165, 1.54) is 0 Å². The lowest BCUT2D eigenvalue weighted by atomic mass is 10.1. The number of amides is 1. The Labute approximate surface area is 192 Å². The van der Waals surface area contributed by atoms with Gasteiger partial charge >= 0.3 is 5.97 Å². The highest BCUT2D eigenvalue weighted by Gasteiger charge is 2.26. The second-order valence-corrected chi connectivity index (χ2v) is 7.35. The fraction of sp³-hybridized carbons (Fsp3) is 0.231. The summed E-state index contributed by atoms with van der Waals surface area (Å²) in [5, 5.41) is 2.83. The maximum Gasteiger partial charge on any atom is 0.311 e. The lowest BCUT2D eigenvalue weighted by molar-refractivity contribution is -0.154. The van der Waals surface area contributed by atoms with Gasteiger partial charge in [-0.3, -0.25) is 9.59 Å². The van der Waals surface area contributed by atoms with Crippen LogP contribution in [0.1, 0.15) is 24.2 Å². The monoisotopic (exact) mass is 447 g/mol. The van der Waals surface area contributed by atoms with Crippen LogP contribution in [0.3, 0.4) is 0 Å². The van der Waals surface area contributed by atoms with Crippen LogP contribution in [-0.2, 0) is 20.7 Å². The van der Waals surface area contributed by atoms with Gasteiger partial charge in [0.1, 0.15) is 19.0 Å². The van der Waals surface area contributed by atoms with Gasteiger partial charge in [-0.25, -0.2) is 0 Å². The highest BCUT2D eigenvalue weighted by atomic mass is 16.6. The second kappa shape index (κ2) is 10.5. The molecule has 4 rings (SSSR count). The maximum atomic E-state index is 13.2. The fourth-order valence-electron chi connectivity index (χ4n) is 3.49. The summed E-state index contributed by atoms with van der Waals surface area (Å²) < 4.78 is 22.3. The number of nitrogens with one attached hydrogen (secondary N) is 1. The molecule has 0 aliphatic carbocycles. The Kier molecular flexibility index (Phi) is 7.09. The van der Waals surface area contributed by atoms with Gasteiger partial charge in [0, 0.05) is 5.56 Å². The van der Waals surface area contributed by atoms with Crippen LogP contribution in [0.25, 0.3) is 0 Å². The first-order valence-electron chi connectivity index (χ1n) is 10.8. The number of rotatable bonds is 8. The predicted octanol–water partition coefficient (Wildman–Crippen LogP) is 4.32. The molecule has 0 saturated carbocycles. The normalized spacial score (nSPS) is 13.0. The minimum absolute atomic E-state index is 0.0111. The summed E-state index contributed by atoms with van der Waals surface area (Å²) in [6.07, 6.45) is -1.13. The number of ether oxygens (including phenoxy) is 4. The van der Waals surface area contributed by atoms with Gasteiger partial charge in [-0.1, -0.05) is 48.5 Å². The van der Waals surface area contributed by atoms with E-state index in [0.717, 1.165) is 0 Å². The minimum Gasteiger partial charge on any atom is -0.492 e. The van der Waals surface area contributed by atoms with Crippen LogP contribution in [0, 0.1) is 0 Å². The van der Waals surface area contributed by atoms with Crippen LogP contribution in [0.4, 0.5) is 5.69 Å². The Morgan fingerprint density at radius 1 is 0.939 bits per heavy atom. The van der Waals surface area contributed by atoms with Crippen molar-refractivity contribution in [3.8, 4) is 17.2 Å². The first-order chi connectivity index (χ1) is 16.1. The van der Waals surface area contributed by atoms with E-state index in [2.05, 4.69) is 5.32 Å². The van der Waals surface area contributed by atoms with E-state index >= 15 is 0 Å². The van der Waals surface area contributed by atoms with Crippen molar-refractivity contribution in [3.05, 3.63) is 83.9 Å². The van der Waals surface area contributed by atoms with Crippen molar-refractivity contribution in [2.75, 3.05) is 25.1 Å². The van der Waals surface area contributed by atoms with Crippen LogP contribution >= 0.6 is 0 Å². The lowest BCUT2D eigenvalue weighted by Gasteiger charge is -2.20. The van der Waals surface area contributed by atoms with E-state index in [-0.39, 0.29) is 6.42 Å². The van der Waals surface area contributed by atoms with Gasteiger partial charge in [-0.05, 0) is 36.8 Å². The molecule has 0 fully saturated rings. The van der Waals surface area contributed by atoms with E-state index in [9.17, 15) is 9.59 Å². The number of fused-ring (bicyclic) bond motifs is 1. The molecule has 0 bridgehead atoms. The van der Waals surface area contributed by atoms with Crippen LogP contribution in [0.2, 0.25) is 0 Å². The molecule has 0 radical (unpaired) electrons. The molecule has 1 heterocycles. The van der Waals surface area contributed by atoms with Crippen molar-refractivity contribution in [2.24, 2.45) is 0 Å². The molecular weight excluding hydrogens is 422 g/mol. The number of para-hydroxylation sites is 2. The molecule has 1 atom stereocenters. The van der Waals surface area contributed by atoms with E-state index in [1.807, 2.05) is 19.1 Å². The average molecular weight is 447 g/mol. The largest absolute Gasteiger partial charge is 0.492 e. The van der Waals surface area contributed by atoms with Gasteiger partial charge in [-0.2, -0.15) is 0 Å². The first kappa shape index (κ1) is 22.2. The summed E-state index contributed by atoms with van der Waals surface area (Å²) in [4.78, 5) is 26.0. The Balaban J connectivity index is 1.50. The first-order valence-corrected chi connectivity index (χ1v) is 10.8. The molecule has 1 N–H and O–H groups in total. The highest BCUT2D eigenvalue weighted by Crippen LogP contribution is 2.31. The summed E-state index contributed by atoms with van der Waals surface area (Å²) >= 11 is 0. The van der Waals surface area contributed by atoms with Crippen molar-refractivity contribution in [1.82, 2.24) is 0 Å². The molecule has 33 heavy (non-hydrogen) atoms. The quantitative estimate of drug-likeness (QED) is 0.518. The molecule has 7 heteroatoms. The summed E-state index contributed by atoms with van der Waals surface area (Å²) in [7, 11) is 0. The molecule has 0 spiro atoms. The van der Waals surface area contributed by atoms with E-state index in [1.54, 1.807) is 60.7 Å². The van der Waals surface area contributed by atoms with Gasteiger partial charge in [0.05, 0.1) is 18.7 Å². The summed E-state index contributed by atoms with van der Waals surface area (Å²) in [6.45, 7) is 3.28. The van der Waals surface area contributed by atoms with Gasteiger partial charge in [0.25, 0.3) is 5.91 Å². The van der Waals surface area contributed by atoms with Crippen molar-refractivity contribution in [3.63, 3.8) is 0 Å². The van der Waals surface area contributed by atoms with Crippen molar-refractivity contribution in [1.29, 1.82) is 0 Å². The second-order valence-electron chi connectivity index (χ2n) is 7.35. The van der Waals surface area contributed by atoms with Crippen LogP contribution in [0.5, 0.6) is 17.2 Å². The number of benzene rings is 3. The van der Waals surface area contributed by atoms with Gasteiger partial charge in [0.2, 0.25) is 6.10 Å². The minimum atomic E-state index is -1.12. The lowest BCUT2D eigenvalue weighted by Crippen LogP contribution is -2.26. The van der Waals surface area contributed by atoms with Crippen molar-refractivity contribution >= 4 is 17.6 Å². The average Bonchev–Trinajstić information content (AvgIpc) is 2.84. The van der Waals surface area contributed by atoms with Gasteiger partial charge in [-0.15, -0.1) is 0 Å². The van der Waals surface area contributed by atoms with Gasteiger partial charge in [0.15, 0.2) is 11.5 Å². The van der Waals surface area contributed by atoms with Gasteiger partial charge < -0.3 is 24.3 Å². The smallest absolute Gasteiger partial charge is 0.311 e. The molecule has 3 aromatic rings. The fourth-order valence-corrected chi connectivity index (χ4v) is 3.49. The van der Waals surface area contributed by atoms with E-state index in [4.69, 9.17) is 18.9 Å². The topological polar surface area (TPSA) is 83.1 Å². The molecule has 1 aliphatic heterocycles. The Morgan fingerprint density at radius 3 is 2.45 bits per heavy atom. The third-order valence-corrected chi connectivity index (χ3v) is 4.99. The van der Waals surface area contributed by atoms with Crippen LogP contribution < -0.4 is 19.5 Å². The molecule has 170 valence electrons. The summed E-state index contributed by atoms with van der Waals surface area (Å²) in [6, 6.07) is 21.3. The molecular formula is C26H25NO6. The zero-order chi connectivity index (χ0) is 23.0. The third kappa shape index (κ3) is 5.63. The molecule has 0 saturated heterocycles. The molecule has 3 aromatic carbocycles. The number of esters is 1. The number of hydrogen-bond acceptors (Lipinski definition) is 6. The Hall–Kier alpha value is -4.00. The van der Waals surface area contributed by atoms with Crippen LogP contribution in [0.15, 0.2) is 72.8 Å². The standard InChI is InChI=1S/C26H25NO6/c1-2-30-21-11-7-6-10-20(21)27-26(29)25(19-8-4-3-5-9-19)33-24(28)17-18-12-13-22-23(16-18)32-15-14-31-22/h3-13,16,25H,2,14-15,17H2,1H3,(H,27,29). The van der Waals surface area contributed by atoms with E-state index < -0.39 is 18.0 Å². The van der Waals surface area contributed by atoms with E-state index in [0.29, 0.717) is 53.9 Å². The number of carbonyl (C=O) groups excluding carboxylic acids is 2. The Morgan fingerprint density at radius 2 is 1.67 bits per heavy atom. The van der Waals surface area contributed by atoms with Crippen LogP contribution in [-0.4, -0.2) is 31.7 Å². The molecule has 1 aliphatic rings. The van der Waals surface area contributed by atoms with Crippen molar-refractivity contribution in [2.45, 2.75) is 19.4 Å². The molecule has 1 amide bonds. The molecule has 7 nitrogen and oxygen atoms in total. The Bertz CT molecular complexity index is 1110. The number of anilines is 1. The summed E-state index contributed by atoms with van der Waals surface area (Å²) in [5.41, 5.74) is 1.78. The predicted molar refractivity (Wildman–Crippen MR) is 123 cm³/mol. The zero-order valence-electron chi connectivity index (χ0n) is 18.3. The molecule has 0 aromatic heterocycles. The third-order valence-electron chi connectivity index (χ3n) is 4.99. The number of carbonyl (C=O) groups is 2. The molecule has 1 unspecified atom stereocenters. The van der Waals surface area contributed by atoms with Crippen molar-refractivity contribution < 1.29 is 28.5 Å². The summed E-state index contributed by atoms with van der Waals surface area (Å²) in [5.74, 6) is 0.782. The zero-order valence-corrected chi connectivity index (χ0v) is 18.3. The highest BCUT2D eigenvalue weighted by molar-refractivity contribution is 5.97. The maximum absolute atomic E-state index is 13.2.